The number of nitrogens with one attached hydrogen (secondary N) is 1. The highest BCUT2D eigenvalue weighted by atomic mass is 79.9. The fourth-order valence-corrected chi connectivity index (χ4v) is 2.54. The Hall–Kier alpha value is -1.03. The minimum absolute atomic E-state index is 0.0922. The number of alkyl halides is 1. The van der Waals surface area contributed by atoms with Crippen molar-refractivity contribution in [1.82, 2.24) is 0 Å². The van der Waals surface area contributed by atoms with Gasteiger partial charge in [0.25, 0.3) is 5.91 Å². The van der Waals surface area contributed by atoms with Crippen LogP contribution in [-0.4, -0.2) is 12.5 Å². The first kappa shape index (κ1) is 14.4. The molecule has 1 unspecified atom stereocenters. The van der Waals surface area contributed by atoms with Crippen molar-refractivity contribution in [3.05, 3.63) is 23.8 Å². The Bertz CT molecular complexity index is 480. The number of halogens is 1. The minimum atomic E-state index is -0.0922. The average molecular weight is 326 g/mol. The topological polar surface area (TPSA) is 38.3 Å². The van der Waals surface area contributed by atoms with Crippen molar-refractivity contribution in [2.24, 2.45) is 5.41 Å². The van der Waals surface area contributed by atoms with Gasteiger partial charge in [0.1, 0.15) is 5.75 Å². The first-order valence-electron chi connectivity index (χ1n) is 6.56. The predicted molar refractivity (Wildman–Crippen MR) is 80.9 cm³/mol. The van der Waals surface area contributed by atoms with Gasteiger partial charge >= 0.3 is 0 Å². The van der Waals surface area contributed by atoms with Crippen LogP contribution in [0.25, 0.3) is 0 Å². The molecular formula is C15H20BrNO2. The molecule has 0 fully saturated rings. The number of hydrogen-bond donors (Lipinski definition) is 1. The zero-order valence-electron chi connectivity index (χ0n) is 11.6. The van der Waals surface area contributed by atoms with Crippen LogP contribution in [0, 0.1) is 5.41 Å². The highest BCUT2D eigenvalue weighted by molar-refractivity contribution is 9.09. The zero-order valence-corrected chi connectivity index (χ0v) is 13.2. The Labute approximate surface area is 122 Å². The van der Waals surface area contributed by atoms with Crippen molar-refractivity contribution in [3.8, 4) is 5.75 Å². The SMILES string of the molecule is CC(C)(C)CCC(Br)c1ccc2c(c1)NC(=O)CO2. The first-order valence-corrected chi connectivity index (χ1v) is 7.47. The van der Waals surface area contributed by atoms with Crippen LogP contribution < -0.4 is 10.1 Å². The Balaban J connectivity index is 2.08. The third-order valence-electron chi connectivity index (χ3n) is 3.15. The molecule has 1 aromatic carbocycles. The van der Waals surface area contributed by atoms with Gasteiger partial charge in [-0.15, -0.1) is 0 Å². The molecule has 1 N–H and O–H groups in total. The van der Waals surface area contributed by atoms with Crippen molar-refractivity contribution in [2.75, 3.05) is 11.9 Å². The van der Waals surface area contributed by atoms with Crippen LogP contribution in [0.4, 0.5) is 5.69 Å². The summed E-state index contributed by atoms with van der Waals surface area (Å²) in [5, 5.41) is 2.84. The highest BCUT2D eigenvalue weighted by Gasteiger charge is 2.19. The second-order valence-electron chi connectivity index (χ2n) is 6.16. The lowest BCUT2D eigenvalue weighted by Gasteiger charge is -2.22. The fourth-order valence-electron chi connectivity index (χ4n) is 2.02. The normalized spacial score (nSPS) is 16.3. The summed E-state index contributed by atoms with van der Waals surface area (Å²) >= 11 is 3.73. The van der Waals surface area contributed by atoms with Gasteiger partial charge in [-0.05, 0) is 36.0 Å². The number of fused-ring (bicyclic) bond motifs is 1. The number of amides is 1. The van der Waals surface area contributed by atoms with Crippen molar-refractivity contribution < 1.29 is 9.53 Å². The molecule has 1 atom stereocenters. The minimum Gasteiger partial charge on any atom is -0.482 e. The van der Waals surface area contributed by atoms with Crippen LogP contribution in [0.2, 0.25) is 0 Å². The van der Waals surface area contributed by atoms with Gasteiger partial charge in [0, 0.05) is 4.83 Å². The molecule has 0 saturated carbocycles. The summed E-state index contributed by atoms with van der Waals surface area (Å²) in [6.07, 6.45) is 2.21. The lowest BCUT2D eigenvalue weighted by Crippen LogP contribution is -2.25. The fraction of sp³-hybridized carbons (Fsp3) is 0.533. The number of carbonyl (C=O) groups is 1. The molecule has 0 radical (unpaired) electrons. The monoisotopic (exact) mass is 325 g/mol. The second kappa shape index (κ2) is 5.53. The number of carbonyl (C=O) groups excluding carboxylic acids is 1. The zero-order chi connectivity index (χ0) is 14.0. The third-order valence-corrected chi connectivity index (χ3v) is 4.13. The van der Waals surface area contributed by atoms with E-state index in [9.17, 15) is 4.79 Å². The lowest BCUT2D eigenvalue weighted by atomic mass is 9.89. The molecule has 104 valence electrons. The Morgan fingerprint density at radius 1 is 1.42 bits per heavy atom. The van der Waals surface area contributed by atoms with Crippen molar-refractivity contribution in [2.45, 2.75) is 38.4 Å². The van der Waals surface area contributed by atoms with Crippen LogP contribution in [0.5, 0.6) is 5.75 Å². The molecular weight excluding hydrogens is 306 g/mol. The maximum atomic E-state index is 11.3. The van der Waals surface area contributed by atoms with E-state index in [2.05, 4.69) is 48.1 Å². The molecule has 1 aromatic rings. The molecule has 0 aliphatic carbocycles. The van der Waals surface area contributed by atoms with Crippen molar-refractivity contribution in [1.29, 1.82) is 0 Å². The summed E-state index contributed by atoms with van der Waals surface area (Å²) in [6, 6.07) is 5.97. The molecule has 19 heavy (non-hydrogen) atoms. The molecule has 0 aromatic heterocycles. The van der Waals surface area contributed by atoms with Crippen LogP contribution >= 0.6 is 15.9 Å². The van der Waals surface area contributed by atoms with Gasteiger partial charge in [0.2, 0.25) is 0 Å². The summed E-state index contributed by atoms with van der Waals surface area (Å²) < 4.78 is 5.36. The summed E-state index contributed by atoms with van der Waals surface area (Å²) in [5.74, 6) is 0.657. The summed E-state index contributed by atoms with van der Waals surface area (Å²) in [6.45, 7) is 6.84. The van der Waals surface area contributed by atoms with E-state index in [1.165, 1.54) is 5.56 Å². The average Bonchev–Trinajstić information content (AvgIpc) is 2.34. The van der Waals surface area contributed by atoms with E-state index in [1.54, 1.807) is 0 Å². The van der Waals surface area contributed by atoms with Gasteiger partial charge < -0.3 is 10.1 Å². The molecule has 1 aliphatic rings. The van der Waals surface area contributed by atoms with Gasteiger partial charge in [-0.3, -0.25) is 4.79 Å². The van der Waals surface area contributed by atoms with E-state index in [1.807, 2.05) is 12.1 Å². The van der Waals surface area contributed by atoms with Crippen molar-refractivity contribution >= 4 is 27.5 Å². The van der Waals surface area contributed by atoms with Crippen LogP contribution in [-0.2, 0) is 4.79 Å². The quantitative estimate of drug-likeness (QED) is 0.842. The summed E-state index contributed by atoms with van der Waals surface area (Å²) in [5.41, 5.74) is 2.28. The van der Waals surface area contributed by atoms with E-state index < -0.39 is 0 Å². The number of benzene rings is 1. The van der Waals surface area contributed by atoms with E-state index in [4.69, 9.17) is 4.74 Å². The predicted octanol–water partition coefficient (Wildman–Crippen LogP) is 4.28. The van der Waals surface area contributed by atoms with Crippen LogP contribution in [0.1, 0.15) is 44.0 Å². The van der Waals surface area contributed by atoms with Gasteiger partial charge in [0.15, 0.2) is 6.61 Å². The lowest BCUT2D eigenvalue weighted by molar-refractivity contribution is -0.118. The second-order valence-corrected chi connectivity index (χ2v) is 7.26. The van der Waals surface area contributed by atoms with Gasteiger partial charge in [-0.2, -0.15) is 0 Å². The van der Waals surface area contributed by atoms with Crippen molar-refractivity contribution in [3.63, 3.8) is 0 Å². The number of rotatable bonds is 3. The Morgan fingerprint density at radius 2 is 2.16 bits per heavy atom. The van der Waals surface area contributed by atoms with E-state index in [-0.39, 0.29) is 12.5 Å². The van der Waals surface area contributed by atoms with Gasteiger partial charge in [-0.25, -0.2) is 0 Å². The van der Waals surface area contributed by atoms with Gasteiger partial charge in [0.05, 0.1) is 5.69 Å². The molecule has 0 bridgehead atoms. The Morgan fingerprint density at radius 3 is 2.84 bits per heavy atom. The molecule has 2 rings (SSSR count). The summed E-state index contributed by atoms with van der Waals surface area (Å²) in [7, 11) is 0. The molecule has 0 spiro atoms. The molecule has 1 amide bonds. The maximum absolute atomic E-state index is 11.3. The molecule has 0 saturated heterocycles. The molecule has 4 heteroatoms. The maximum Gasteiger partial charge on any atom is 0.262 e. The van der Waals surface area contributed by atoms with Gasteiger partial charge in [-0.1, -0.05) is 42.8 Å². The first-order chi connectivity index (χ1) is 8.85. The summed E-state index contributed by atoms with van der Waals surface area (Å²) in [4.78, 5) is 11.6. The number of ether oxygens (including phenoxy) is 1. The van der Waals surface area contributed by atoms with E-state index in [0.717, 1.165) is 24.3 Å². The van der Waals surface area contributed by atoms with E-state index in [0.29, 0.717) is 10.2 Å². The Kier molecular flexibility index (Phi) is 4.19. The molecule has 1 aliphatic heterocycles. The molecule has 3 nitrogen and oxygen atoms in total. The van der Waals surface area contributed by atoms with Crippen LogP contribution in [0.3, 0.4) is 0 Å². The standard InChI is InChI=1S/C15H20BrNO2/c1-15(2,3)7-6-11(16)10-4-5-13-12(8-10)17-14(18)9-19-13/h4-5,8,11H,6-7,9H2,1-3H3,(H,17,18). The smallest absolute Gasteiger partial charge is 0.262 e. The third kappa shape index (κ3) is 3.96. The van der Waals surface area contributed by atoms with E-state index >= 15 is 0 Å². The number of anilines is 1. The number of hydrogen-bond acceptors (Lipinski definition) is 2. The highest BCUT2D eigenvalue weighted by Crippen LogP contribution is 2.37. The van der Waals surface area contributed by atoms with Crippen LogP contribution in [0.15, 0.2) is 18.2 Å². The largest absolute Gasteiger partial charge is 0.482 e. The molecule has 1 heterocycles.